The van der Waals surface area contributed by atoms with Gasteiger partial charge in [-0.1, -0.05) is 36.4 Å². The summed E-state index contributed by atoms with van der Waals surface area (Å²) in [6, 6.07) is 17.0. The highest BCUT2D eigenvalue weighted by molar-refractivity contribution is 8.00. The van der Waals surface area contributed by atoms with E-state index in [4.69, 9.17) is 4.74 Å². The lowest BCUT2D eigenvalue weighted by molar-refractivity contribution is -0.117. The number of thiophene rings is 1. The molecular weight excluding hydrogens is 456 g/mol. The maximum atomic E-state index is 12.7. The fourth-order valence-electron chi connectivity index (χ4n) is 3.25. The largest absolute Gasteiger partial charge is 0.462 e. The second-order valence-electron chi connectivity index (χ2n) is 7.57. The molecule has 2 amide bonds. The molecule has 0 atom stereocenters. The molecule has 0 saturated heterocycles. The van der Waals surface area contributed by atoms with Crippen LogP contribution in [0.3, 0.4) is 0 Å². The molecule has 6 nitrogen and oxygen atoms in total. The minimum Gasteiger partial charge on any atom is -0.462 e. The van der Waals surface area contributed by atoms with Gasteiger partial charge in [0.05, 0.1) is 12.4 Å². The Morgan fingerprint density at radius 2 is 1.85 bits per heavy atom. The van der Waals surface area contributed by atoms with Crippen LogP contribution in [-0.2, 0) is 14.3 Å². The number of esters is 1. The van der Waals surface area contributed by atoms with Gasteiger partial charge in [-0.3, -0.25) is 9.59 Å². The lowest BCUT2D eigenvalue weighted by atomic mass is 10.0. The average molecular weight is 481 g/mol. The van der Waals surface area contributed by atoms with Gasteiger partial charge in [0.1, 0.15) is 10.6 Å². The molecule has 0 spiro atoms. The van der Waals surface area contributed by atoms with Crippen LogP contribution >= 0.6 is 23.1 Å². The van der Waals surface area contributed by atoms with Crippen LogP contribution in [0, 0.1) is 5.92 Å². The number of anilines is 2. The van der Waals surface area contributed by atoms with Gasteiger partial charge < -0.3 is 15.4 Å². The maximum absolute atomic E-state index is 12.7. The van der Waals surface area contributed by atoms with Crippen LogP contribution in [0.2, 0.25) is 0 Å². The van der Waals surface area contributed by atoms with Crippen LogP contribution in [-0.4, -0.2) is 30.1 Å². The highest BCUT2D eigenvalue weighted by Crippen LogP contribution is 2.36. The zero-order valence-corrected chi connectivity index (χ0v) is 19.8. The molecule has 170 valence electrons. The number of carbonyl (C=O) groups excluding carboxylic acids is 3. The van der Waals surface area contributed by atoms with E-state index >= 15 is 0 Å². The molecule has 33 heavy (non-hydrogen) atoms. The van der Waals surface area contributed by atoms with E-state index in [1.807, 2.05) is 60.0 Å². The molecule has 0 bridgehead atoms. The predicted octanol–water partition coefficient (Wildman–Crippen LogP) is 5.67. The summed E-state index contributed by atoms with van der Waals surface area (Å²) in [5, 5.41) is 8.12. The molecule has 1 heterocycles. The van der Waals surface area contributed by atoms with E-state index in [-0.39, 0.29) is 30.1 Å². The fraction of sp³-hybridized carbons (Fsp3) is 0.240. The Hall–Kier alpha value is -3.10. The third-order valence-electron chi connectivity index (χ3n) is 5.03. The first-order valence-electron chi connectivity index (χ1n) is 10.7. The zero-order valence-electron chi connectivity index (χ0n) is 18.1. The normalized spacial score (nSPS) is 12.8. The summed E-state index contributed by atoms with van der Waals surface area (Å²) in [7, 11) is 0. The third kappa shape index (κ3) is 6.03. The summed E-state index contributed by atoms with van der Waals surface area (Å²) in [6.07, 6.45) is 1.89. The smallest absolute Gasteiger partial charge is 0.341 e. The van der Waals surface area contributed by atoms with E-state index < -0.39 is 5.97 Å². The predicted molar refractivity (Wildman–Crippen MR) is 133 cm³/mol. The number of hydrogen-bond donors (Lipinski definition) is 2. The molecule has 3 aromatic rings. The van der Waals surface area contributed by atoms with Crippen molar-refractivity contribution in [1.29, 1.82) is 0 Å². The fourth-order valence-corrected chi connectivity index (χ4v) is 4.98. The van der Waals surface area contributed by atoms with Gasteiger partial charge >= 0.3 is 5.97 Å². The summed E-state index contributed by atoms with van der Waals surface area (Å²) in [6.45, 7) is 2.00. The van der Waals surface area contributed by atoms with Crippen molar-refractivity contribution in [2.75, 3.05) is 23.0 Å². The minimum absolute atomic E-state index is 0.0494. The molecule has 2 N–H and O–H groups in total. The Kier molecular flexibility index (Phi) is 7.47. The molecule has 1 saturated carbocycles. The second kappa shape index (κ2) is 10.7. The molecule has 1 aliphatic rings. The van der Waals surface area contributed by atoms with Crippen molar-refractivity contribution >= 4 is 51.6 Å². The Morgan fingerprint density at radius 1 is 1.06 bits per heavy atom. The highest BCUT2D eigenvalue weighted by atomic mass is 32.2. The van der Waals surface area contributed by atoms with Gasteiger partial charge in [-0.2, -0.15) is 0 Å². The number of nitrogens with one attached hydrogen (secondary N) is 2. The second-order valence-corrected chi connectivity index (χ2v) is 9.50. The maximum Gasteiger partial charge on any atom is 0.341 e. The van der Waals surface area contributed by atoms with E-state index in [0.717, 1.165) is 34.6 Å². The van der Waals surface area contributed by atoms with E-state index in [1.54, 1.807) is 6.92 Å². The van der Waals surface area contributed by atoms with E-state index in [0.29, 0.717) is 10.6 Å². The van der Waals surface area contributed by atoms with Gasteiger partial charge in [-0.05, 0) is 43.5 Å². The number of rotatable bonds is 9. The number of ether oxygens (including phenoxy) is 1. The molecule has 0 radical (unpaired) electrons. The van der Waals surface area contributed by atoms with Crippen LogP contribution in [0.5, 0.6) is 0 Å². The van der Waals surface area contributed by atoms with Gasteiger partial charge in [0, 0.05) is 27.4 Å². The summed E-state index contributed by atoms with van der Waals surface area (Å²) in [5.74, 6) is -0.333. The third-order valence-corrected chi connectivity index (χ3v) is 6.92. The average Bonchev–Trinajstić information content (AvgIpc) is 3.59. The summed E-state index contributed by atoms with van der Waals surface area (Å²) in [4.78, 5) is 38.2. The monoisotopic (exact) mass is 480 g/mol. The minimum atomic E-state index is -0.459. The van der Waals surface area contributed by atoms with Crippen molar-refractivity contribution in [1.82, 2.24) is 0 Å². The number of benzene rings is 2. The molecule has 1 aliphatic carbocycles. The first-order valence-corrected chi connectivity index (χ1v) is 12.6. The van der Waals surface area contributed by atoms with Crippen molar-refractivity contribution in [3.05, 3.63) is 65.5 Å². The highest BCUT2D eigenvalue weighted by Gasteiger charge is 2.29. The van der Waals surface area contributed by atoms with Crippen molar-refractivity contribution < 1.29 is 19.1 Å². The van der Waals surface area contributed by atoms with E-state index in [9.17, 15) is 14.4 Å². The summed E-state index contributed by atoms with van der Waals surface area (Å²) < 4.78 is 5.24. The molecule has 1 aromatic heterocycles. The van der Waals surface area contributed by atoms with E-state index in [1.165, 1.54) is 23.1 Å². The molecule has 1 fully saturated rings. The lowest BCUT2D eigenvalue weighted by Crippen LogP contribution is -2.16. The molecule has 2 aromatic carbocycles. The van der Waals surface area contributed by atoms with Crippen molar-refractivity contribution in [3.8, 4) is 11.1 Å². The van der Waals surface area contributed by atoms with Crippen LogP contribution in [0.15, 0.2) is 64.9 Å². The lowest BCUT2D eigenvalue weighted by Gasteiger charge is -2.09. The zero-order chi connectivity index (χ0) is 23.2. The number of hydrogen-bond acceptors (Lipinski definition) is 6. The Bertz CT molecular complexity index is 1160. The number of amides is 2. The quantitative estimate of drug-likeness (QED) is 0.304. The summed E-state index contributed by atoms with van der Waals surface area (Å²) >= 11 is 2.67. The number of carbonyl (C=O) groups is 3. The topological polar surface area (TPSA) is 84.5 Å². The van der Waals surface area contributed by atoms with Crippen LogP contribution < -0.4 is 10.6 Å². The van der Waals surface area contributed by atoms with Gasteiger partial charge in [-0.15, -0.1) is 23.1 Å². The van der Waals surface area contributed by atoms with Gasteiger partial charge in [-0.25, -0.2) is 4.79 Å². The SMILES string of the molecule is CCOC(=O)c1c(-c2ccccc2)csc1NC(=O)CSc1cccc(NC(=O)C2CC2)c1. The molecule has 0 unspecified atom stereocenters. The molecule has 0 aliphatic heterocycles. The van der Waals surface area contributed by atoms with Crippen molar-refractivity contribution in [2.45, 2.75) is 24.7 Å². The first-order chi connectivity index (χ1) is 16.0. The van der Waals surface area contributed by atoms with Gasteiger partial charge in [0.25, 0.3) is 0 Å². The Balaban J connectivity index is 1.42. The number of thioether (sulfide) groups is 1. The first kappa shape index (κ1) is 23.1. The van der Waals surface area contributed by atoms with Gasteiger partial charge in [0.2, 0.25) is 11.8 Å². The van der Waals surface area contributed by atoms with Crippen LogP contribution in [0.25, 0.3) is 11.1 Å². The standard InChI is InChI=1S/C25H24N2O4S2/c1-2-31-25(30)22-20(16-7-4-3-5-8-16)14-33-24(22)27-21(28)15-32-19-10-6-9-18(13-19)26-23(29)17-11-12-17/h3-10,13-14,17H,2,11-12,15H2,1H3,(H,26,29)(H,27,28). The van der Waals surface area contributed by atoms with Crippen molar-refractivity contribution in [2.24, 2.45) is 5.92 Å². The van der Waals surface area contributed by atoms with Crippen molar-refractivity contribution in [3.63, 3.8) is 0 Å². The molecule has 4 rings (SSSR count). The Morgan fingerprint density at radius 3 is 2.58 bits per heavy atom. The molecular formula is C25H24N2O4S2. The van der Waals surface area contributed by atoms with Crippen LogP contribution in [0.1, 0.15) is 30.1 Å². The van der Waals surface area contributed by atoms with E-state index in [2.05, 4.69) is 10.6 Å². The summed E-state index contributed by atoms with van der Waals surface area (Å²) in [5.41, 5.74) is 2.72. The van der Waals surface area contributed by atoms with Crippen LogP contribution in [0.4, 0.5) is 10.7 Å². The molecule has 8 heteroatoms. The van der Waals surface area contributed by atoms with Gasteiger partial charge in [0.15, 0.2) is 0 Å². The Labute approximate surface area is 200 Å².